The number of amides is 1. The quantitative estimate of drug-likeness (QED) is 0.833. The molecule has 2 rings (SSSR count). The molecule has 0 bridgehead atoms. The fourth-order valence-electron chi connectivity index (χ4n) is 1.66. The summed E-state index contributed by atoms with van der Waals surface area (Å²) < 4.78 is 39.1. The molecule has 0 spiro atoms. The summed E-state index contributed by atoms with van der Waals surface area (Å²) >= 11 is 1.28. The maximum atomic E-state index is 13.4. The number of nitrogen functional groups attached to an aromatic ring is 1. The van der Waals surface area contributed by atoms with Crippen molar-refractivity contribution in [3.63, 3.8) is 0 Å². The van der Waals surface area contributed by atoms with Crippen LogP contribution in [0.15, 0.2) is 17.5 Å². The molecule has 1 aromatic carbocycles. The Kier molecular flexibility index (Phi) is 4.79. The van der Waals surface area contributed by atoms with E-state index >= 15 is 0 Å². The van der Waals surface area contributed by atoms with Crippen LogP contribution in [0, 0.1) is 17.5 Å². The highest BCUT2D eigenvalue weighted by Gasteiger charge is 2.11. The molecule has 0 fully saturated rings. The molecule has 1 heterocycles. The van der Waals surface area contributed by atoms with E-state index in [4.69, 9.17) is 5.73 Å². The molecule has 0 radical (unpaired) electrons. The number of anilines is 1. The minimum absolute atomic E-state index is 0.111. The largest absolute Gasteiger partial charge is 0.375 e. The molecule has 0 saturated heterocycles. The number of nitrogens with two attached hydrogens (primary N) is 1. The Morgan fingerprint density at radius 3 is 2.62 bits per heavy atom. The molecule has 8 heteroatoms. The summed E-state index contributed by atoms with van der Waals surface area (Å²) in [7, 11) is 0. The van der Waals surface area contributed by atoms with Crippen LogP contribution in [0.3, 0.4) is 0 Å². The number of nitrogens with one attached hydrogen (secondary N) is 1. The van der Waals surface area contributed by atoms with Crippen LogP contribution in [0.25, 0.3) is 0 Å². The van der Waals surface area contributed by atoms with E-state index in [2.05, 4.69) is 10.3 Å². The maximum Gasteiger partial charge on any atom is 0.220 e. The molecular formula is C13H12F3N3OS. The first-order valence-corrected chi connectivity index (χ1v) is 6.93. The fourth-order valence-corrected chi connectivity index (χ4v) is 2.26. The summed E-state index contributed by atoms with van der Waals surface area (Å²) in [5.74, 6) is -3.66. The third kappa shape index (κ3) is 4.19. The van der Waals surface area contributed by atoms with Crippen LogP contribution in [0.4, 0.5) is 18.3 Å². The van der Waals surface area contributed by atoms with Gasteiger partial charge in [0.15, 0.2) is 16.8 Å². The van der Waals surface area contributed by atoms with Gasteiger partial charge in [-0.1, -0.05) is 0 Å². The van der Waals surface area contributed by atoms with Crippen molar-refractivity contribution in [2.45, 2.75) is 19.4 Å². The second kappa shape index (κ2) is 6.57. The first-order chi connectivity index (χ1) is 9.95. The van der Waals surface area contributed by atoms with Crippen LogP contribution in [0.5, 0.6) is 0 Å². The van der Waals surface area contributed by atoms with Crippen LogP contribution in [-0.4, -0.2) is 10.9 Å². The number of hydrogen-bond donors (Lipinski definition) is 2. The van der Waals surface area contributed by atoms with Crippen molar-refractivity contribution in [2.24, 2.45) is 0 Å². The molecule has 21 heavy (non-hydrogen) atoms. The number of nitrogens with zero attached hydrogens (tertiary/aromatic N) is 1. The first kappa shape index (κ1) is 15.3. The SMILES string of the molecule is Nc1nc(CCC(=O)NCc2cc(F)c(F)cc2F)cs1. The van der Waals surface area contributed by atoms with Crippen molar-refractivity contribution < 1.29 is 18.0 Å². The summed E-state index contributed by atoms with van der Waals surface area (Å²) in [5.41, 5.74) is 6.05. The molecule has 0 aliphatic heterocycles. The molecular weight excluding hydrogens is 303 g/mol. The standard InChI is InChI=1S/C13H12F3N3OS/c14-9-4-11(16)10(15)3-7(9)5-18-12(20)2-1-8-6-21-13(17)19-8/h3-4,6H,1-2,5H2,(H2,17,19)(H,18,20). The smallest absolute Gasteiger partial charge is 0.220 e. The highest BCUT2D eigenvalue weighted by molar-refractivity contribution is 7.13. The Morgan fingerprint density at radius 2 is 1.95 bits per heavy atom. The number of hydrogen-bond acceptors (Lipinski definition) is 4. The molecule has 1 amide bonds. The van der Waals surface area contributed by atoms with Gasteiger partial charge in [-0.15, -0.1) is 11.3 Å². The maximum absolute atomic E-state index is 13.4. The third-order valence-electron chi connectivity index (χ3n) is 2.74. The molecule has 0 atom stereocenters. The minimum Gasteiger partial charge on any atom is -0.375 e. The Morgan fingerprint density at radius 1 is 1.24 bits per heavy atom. The van der Waals surface area contributed by atoms with Crippen molar-refractivity contribution in [3.8, 4) is 0 Å². The van der Waals surface area contributed by atoms with E-state index in [0.717, 1.165) is 6.07 Å². The van der Waals surface area contributed by atoms with Crippen molar-refractivity contribution in [1.29, 1.82) is 0 Å². The summed E-state index contributed by atoms with van der Waals surface area (Å²) in [6.07, 6.45) is 0.550. The predicted octanol–water partition coefficient (Wildman–Crippen LogP) is 2.39. The van der Waals surface area contributed by atoms with Gasteiger partial charge in [-0.05, 0) is 12.5 Å². The van der Waals surface area contributed by atoms with Gasteiger partial charge in [-0.25, -0.2) is 18.2 Å². The fraction of sp³-hybridized carbons (Fsp3) is 0.231. The van der Waals surface area contributed by atoms with E-state index in [-0.39, 0.29) is 24.4 Å². The van der Waals surface area contributed by atoms with E-state index < -0.39 is 17.5 Å². The zero-order valence-electron chi connectivity index (χ0n) is 10.8. The van der Waals surface area contributed by atoms with Gasteiger partial charge >= 0.3 is 0 Å². The van der Waals surface area contributed by atoms with Gasteiger partial charge in [0.05, 0.1) is 5.69 Å². The molecule has 112 valence electrons. The topological polar surface area (TPSA) is 68.0 Å². The Hall–Kier alpha value is -2.09. The summed E-state index contributed by atoms with van der Waals surface area (Å²) in [6, 6.07) is 1.18. The zero-order valence-corrected chi connectivity index (χ0v) is 11.6. The van der Waals surface area contributed by atoms with Crippen molar-refractivity contribution >= 4 is 22.4 Å². The predicted molar refractivity (Wildman–Crippen MR) is 73.0 cm³/mol. The number of carbonyl (C=O) groups is 1. The van der Waals surface area contributed by atoms with Crippen LogP contribution >= 0.6 is 11.3 Å². The number of thiazole rings is 1. The van der Waals surface area contributed by atoms with Crippen molar-refractivity contribution in [1.82, 2.24) is 10.3 Å². The number of rotatable bonds is 5. The number of aromatic nitrogens is 1. The Labute approximate surface area is 122 Å². The van der Waals surface area contributed by atoms with Crippen molar-refractivity contribution in [3.05, 3.63) is 46.2 Å². The van der Waals surface area contributed by atoms with Crippen LogP contribution in [0.1, 0.15) is 17.7 Å². The average Bonchev–Trinajstić information content (AvgIpc) is 2.85. The van der Waals surface area contributed by atoms with Gasteiger partial charge in [0.1, 0.15) is 5.82 Å². The average molecular weight is 315 g/mol. The third-order valence-corrected chi connectivity index (χ3v) is 3.47. The second-order valence-electron chi connectivity index (χ2n) is 4.31. The lowest BCUT2D eigenvalue weighted by Gasteiger charge is -2.06. The van der Waals surface area contributed by atoms with Gasteiger partial charge in [0.2, 0.25) is 5.91 Å². The van der Waals surface area contributed by atoms with Crippen LogP contribution in [-0.2, 0) is 17.8 Å². The van der Waals surface area contributed by atoms with Gasteiger partial charge in [0, 0.05) is 30.0 Å². The zero-order chi connectivity index (χ0) is 15.4. The molecule has 1 aromatic heterocycles. The number of halogens is 3. The van der Waals surface area contributed by atoms with E-state index in [9.17, 15) is 18.0 Å². The molecule has 2 aromatic rings. The summed E-state index contributed by atoms with van der Waals surface area (Å²) in [4.78, 5) is 15.6. The van der Waals surface area contributed by atoms with Crippen LogP contribution < -0.4 is 11.1 Å². The van der Waals surface area contributed by atoms with E-state index in [0.29, 0.717) is 23.3 Å². The second-order valence-corrected chi connectivity index (χ2v) is 5.20. The van der Waals surface area contributed by atoms with Gasteiger partial charge in [0.25, 0.3) is 0 Å². The highest BCUT2D eigenvalue weighted by Crippen LogP contribution is 2.14. The number of benzene rings is 1. The van der Waals surface area contributed by atoms with E-state index in [1.54, 1.807) is 5.38 Å². The Balaban J connectivity index is 1.85. The Bertz CT molecular complexity index is 660. The minimum atomic E-state index is -1.26. The summed E-state index contributed by atoms with van der Waals surface area (Å²) in [6.45, 7) is -0.207. The van der Waals surface area contributed by atoms with Gasteiger partial charge < -0.3 is 11.1 Å². The lowest BCUT2D eigenvalue weighted by molar-refractivity contribution is -0.121. The lowest BCUT2D eigenvalue weighted by Crippen LogP contribution is -2.23. The molecule has 0 unspecified atom stereocenters. The lowest BCUT2D eigenvalue weighted by atomic mass is 10.2. The normalized spacial score (nSPS) is 10.6. The summed E-state index contributed by atoms with van der Waals surface area (Å²) in [5, 5.41) is 4.61. The molecule has 0 aliphatic carbocycles. The van der Waals surface area contributed by atoms with Crippen LogP contribution in [0.2, 0.25) is 0 Å². The molecule has 0 saturated carbocycles. The number of carbonyl (C=O) groups excluding carboxylic acids is 1. The highest BCUT2D eigenvalue weighted by atomic mass is 32.1. The first-order valence-electron chi connectivity index (χ1n) is 6.05. The molecule has 4 nitrogen and oxygen atoms in total. The monoisotopic (exact) mass is 315 g/mol. The van der Waals surface area contributed by atoms with Gasteiger partial charge in [-0.2, -0.15) is 0 Å². The van der Waals surface area contributed by atoms with E-state index in [1.807, 2.05) is 0 Å². The van der Waals surface area contributed by atoms with Crippen molar-refractivity contribution in [2.75, 3.05) is 5.73 Å². The number of aryl methyl sites for hydroxylation is 1. The van der Waals surface area contributed by atoms with E-state index in [1.165, 1.54) is 11.3 Å². The molecule has 0 aliphatic rings. The molecule has 3 N–H and O–H groups in total. The van der Waals surface area contributed by atoms with Gasteiger partial charge in [-0.3, -0.25) is 4.79 Å².